The zero-order valence-electron chi connectivity index (χ0n) is 14.9. The van der Waals surface area contributed by atoms with E-state index in [-0.39, 0.29) is 12.3 Å². The number of carbonyl (C=O) groups excluding carboxylic acids is 1. The molecule has 134 valence electrons. The number of aryl methyl sites for hydroxylation is 1. The molecular formula is C18H23N3O3S. The van der Waals surface area contributed by atoms with Gasteiger partial charge in [0.05, 0.1) is 26.4 Å². The van der Waals surface area contributed by atoms with Crippen LogP contribution in [0.15, 0.2) is 28.7 Å². The van der Waals surface area contributed by atoms with Gasteiger partial charge in [0.25, 0.3) is 0 Å². The number of rotatable bonds is 8. The van der Waals surface area contributed by atoms with Gasteiger partial charge in [0.2, 0.25) is 5.91 Å². The SMILES string of the molecule is COc1cc(/C=N\NC(=O)Cc2nc(C)cs2)ccc1OCC(C)C. The van der Waals surface area contributed by atoms with E-state index in [1.54, 1.807) is 13.3 Å². The van der Waals surface area contributed by atoms with E-state index >= 15 is 0 Å². The summed E-state index contributed by atoms with van der Waals surface area (Å²) in [7, 11) is 1.59. The first-order chi connectivity index (χ1) is 12.0. The van der Waals surface area contributed by atoms with Crippen LogP contribution in [-0.2, 0) is 11.2 Å². The zero-order chi connectivity index (χ0) is 18.2. The van der Waals surface area contributed by atoms with E-state index in [1.165, 1.54) is 11.3 Å². The number of hydrazone groups is 1. The highest BCUT2D eigenvalue weighted by atomic mass is 32.1. The van der Waals surface area contributed by atoms with Crippen LogP contribution in [-0.4, -0.2) is 30.8 Å². The highest BCUT2D eigenvalue weighted by Crippen LogP contribution is 2.27. The number of ether oxygens (including phenoxy) is 2. The third-order valence-corrected chi connectivity index (χ3v) is 4.11. The molecule has 0 aliphatic rings. The van der Waals surface area contributed by atoms with Crippen LogP contribution in [0.4, 0.5) is 0 Å². The summed E-state index contributed by atoms with van der Waals surface area (Å²) in [5.41, 5.74) is 4.23. The van der Waals surface area contributed by atoms with E-state index in [4.69, 9.17) is 9.47 Å². The number of nitrogens with one attached hydrogen (secondary N) is 1. The zero-order valence-corrected chi connectivity index (χ0v) is 15.7. The number of amides is 1. The molecule has 0 atom stereocenters. The standard InChI is InChI=1S/C18H23N3O3S/c1-12(2)10-24-15-6-5-14(7-16(15)23-4)9-19-21-17(22)8-18-20-13(3)11-25-18/h5-7,9,11-12H,8,10H2,1-4H3,(H,21,22)/b19-9-. The molecule has 2 rings (SSSR count). The number of methoxy groups -OCH3 is 1. The molecule has 0 aliphatic carbocycles. The van der Waals surface area contributed by atoms with Crippen molar-refractivity contribution in [2.75, 3.05) is 13.7 Å². The van der Waals surface area contributed by atoms with Crippen molar-refractivity contribution >= 4 is 23.5 Å². The maximum Gasteiger partial charge on any atom is 0.246 e. The summed E-state index contributed by atoms with van der Waals surface area (Å²) in [6, 6.07) is 5.51. The van der Waals surface area contributed by atoms with Crippen molar-refractivity contribution in [3.05, 3.63) is 39.8 Å². The Morgan fingerprint density at radius 2 is 2.20 bits per heavy atom. The van der Waals surface area contributed by atoms with Crippen molar-refractivity contribution < 1.29 is 14.3 Å². The monoisotopic (exact) mass is 361 g/mol. The van der Waals surface area contributed by atoms with E-state index in [0.29, 0.717) is 24.0 Å². The number of thiazole rings is 1. The molecule has 7 heteroatoms. The fraction of sp³-hybridized carbons (Fsp3) is 0.389. The van der Waals surface area contributed by atoms with Gasteiger partial charge in [-0.05, 0) is 36.6 Å². The molecule has 0 bridgehead atoms. The van der Waals surface area contributed by atoms with Crippen LogP contribution in [0, 0.1) is 12.8 Å². The highest BCUT2D eigenvalue weighted by molar-refractivity contribution is 7.09. The van der Waals surface area contributed by atoms with Gasteiger partial charge in [0, 0.05) is 11.1 Å². The number of hydrogen-bond donors (Lipinski definition) is 1. The third kappa shape index (κ3) is 6.19. The summed E-state index contributed by atoms with van der Waals surface area (Å²) in [5, 5.41) is 6.67. The molecule has 1 amide bonds. The second kappa shape index (κ2) is 9.17. The van der Waals surface area contributed by atoms with Gasteiger partial charge >= 0.3 is 0 Å². The molecule has 1 heterocycles. The summed E-state index contributed by atoms with van der Waals surface area (Å²) in [4.78, 5) is 16.1. The number of hydrogen-bond acceptors (Lipinski definition) is 6. The molecule has 0 unspecified atom stereocenters. The molecule has 0 radical (unpaired) electrons. The number of aromatic nitrogens is 1. The molecule has 0 aliphatic heterocycles. The predicted octanol–water partition coefficient (Wildman–Crippen LogP) is 3.19. The lowest BCUT2D eigenvalue weighted by Crippen LogP contribution is -2.19. The van der Waals surface area contributed by atoms with E-state index in [2.05, 4.69) is 29.4 Å². The van der Waals surface area contributed by atoms with Crippen LogP contribution >= 0.6 is 11.3 Å². The molecule has 0 fully saturated rings. The van der Waals surface area contributed by atoms with E-state index in [0.717, 1.165) is 16.3 Å². The van der Waals surface area contributed by atoms with Gasteiger partial charge in [-0.15, -0.1) is 11.3 Å². The Labute approximate surface area is 151 Å². The minimum Gasteiger partial charge on any atom is -0.493 e. The molecule has 6 nitrogen and oxygen atoms in total. The van der Waals surface area contributed by atoms with Gasteiger partial charge in [-0.2, -0.15) is 5.10 Å². The second-order valence-corrected chi connectivity index (χ2v) is 6.91. The molecule has 1 aromatic heterocycles. The first-order valence-electron chi connectivity index (χ1n) is 8.01. The Bertz CT molecular complexity index is 741. The maximum atomic E-state index is 11.8. The molecule has 0 saturated carbocycles. The Morgan fingerprint density at radius 3 is 2.84 bits per heavy atom. The van der Waals surface area contributed by atoms with Gasteiger partial charge in [0.15, 0.2) is 11.5 Å². The molecule has 1 aromatic carbocycles. The van der Waals surface area contributed by atoms with Crippen molar-refractivity contribution in [1.82, 2.24) is 10.4 Å². The molecule has 0 saturated heterocycles. The maximum absolute atomic E-state index is 11.8. The van der Waals surface area contributed by atoms with Crippen LogP contribution in [0.1, 0.15) is 30.1 Å². The van der Waals surface area contributed by atoms with Crippen LogP contribution in [0.5, 0.6) is 11.5 Å². The van der Waals surface area contributed by atoms with E-state index in [1.807, 2.05) is 30.5 Å². The lowest BCUT2D eigenvalue weighted by Gasteiger charge is -2.12. The Morgan fingerprint density at radius 1 is 1.40 bits per heavy atom. The van der Waals surface area contributed by atoms with Crippen LogP contribution < -0.4 is 14.9 Å². The largest absolute Gasteiger partial charge is 0.493 e. The fourth-order valence-electron chi connectivity index (χ4n) is 1.98. The summed E-state index contributed by atoms with van der Waals surface area (Å²) < 4.78 is 11.1. The lowest BCUT2D eigenvalue weighted by molar-refractivity contribution is -0.120. The van der Waals surface area contributed by atoms with Crippen LogP contribution in [0.25, 0.3) is 0 Å². The predicted molar refractivity (Wildman–Crippen MR) is 99.6 cm³/mol. The van der Waals surface area contributed by atoms with E-state index < -0.39 is 0 Å². The van der Waals surface area contributed by atoms with Crippen molar-refractivity contribution in [3.8, 4) is 11.5 Å². The average molecular weight is 361 g/mol. The smallest absolute Gasteiger partial charge is 0.246 e. The molecule has 0 spiro atoms. The fourth-order valence-corrected chi connectivity index (χ4v) is 2.75. The first-order valence-corrected chi connectivity index (χ1v) is 8.89. The van der Waals surface area contributed by atoms with Crippen LogP contribution in [0.2, 0.25) is 0 Å². The summed E-state index contributed by atoms with van der Waals surface area (Å²) in [6.45, 7) is 6.69. The van der Waals surface area contributed by atoms with Crippen molar-refractivity contribution in [2.45, 2.75) is 27.2 Å². The Kier molecular flexibility index (Phi) is 6.94. The third-order valence-electron chi connectivity index (χ3n) is 3.14. The van der Waals surface area contributed by atoms with Gasteiger partial charge in [0.1, 0.15) is 5.01 Å². The van der Waals surface area contributed by atoms with Gasteiger partial charge in [-0.1, -0.05) is 13.8 Å². The molecule has 25 heavy (non-hydrogen) atoms. The van der Waals surface area contributed by atoms with Crippen molar-refractivity contribution in [1.29, 1.82) is 0 Å². The number of benzene rings is 1. The second-order valence-electron chi connectivity index (χ2n) is 5.97. The summed E-state index contributed by atoms with van der Waals surface area (Å²) >= 11 is 1.47. The van der Waals surface area contributed by atoms with Gasteiger partial charge < -0.3 is 9.47 Å². The van der Waals surface area contributed by atoms with Gasteiger partial charge in [-0.25, -0.2) is 10.4 Å². The van der Waals surface area contributed by atoms with Crippen molar-refractivity contribution in [3.63, 3.8) is 0 Å². The minimum absolute atomic E-state index is 0.200. The molecular weight excluding hydrogens is 338 g/mol. The minimum atomic E-state index is -0.200. The topological polar surface area (TPSA) is 72.8 Å². The lowest BCUT2D eigenvalue weighted by atomic mass is 10.2. The summed E-state index contributed by atoms with van der Waals surface area (Å²) in [5.74, 6) is 1.56. The Hall–Kier alpha value is -2.41. The first kappa shape index (κ1) is 18.9. The van der Waals surface area contributed by atoms with Crippen molar-refractivity contribution in [2.24, 2.45) is 11.0 Å². The van der Waals surface area contributed by atoms with Crippen LogP contribution in [0.3, 0.4) is 0 Å². The summed E-state index contributed by atoms with van der Waals surface area (Å²) in [6.07, 6.45) is 1.79. The molecule has 1 N–H and O–H groups in total. The number of carbonyl (C=O) groups is 1. The normalized spacial score (nSPS) is 11.1. The van der Waals surface area contributed by atoms with E-state index in [9.17, 15) is 4.79 Å². The average Bonchev–Trinajstić information content (AvgIpc) is 2.98. The van der Waals surface area contributed by atoms with Gasteiger partial charge in [-0.3, -0.25) is 4.79 Å². The quantitative estimate of drug-likeness (QED) is 0.579. The number of nitrogens with zero attached hydrogens (tertiary/aromatic N) is 2. The molecule has 2 aromatic rings. The highest BCUT2D eigenvalue weighted by Gasteiger charge is 2.07. The Balaban J connectivity index is 1.92.